The predicted octanol–water partition coefficient (Wildman–Crippen LogP) is 3.09. The Balaban J connectivity index is 2.39. The number of rotatable bonds is 2. The second kappa shape index (κ2) is 5.24. The Hall–Kier alpha value is -2.50. The molecular formula is C14H10F3NO2. The number of aromatic hydroxyl groups is 1. The predicted molar refractivity (Wildman–Crippen MR) is 67.2 cm³/mol. The van der Waals surface area contributed by atoms with Gasteiger partial charge < -0.3 is 10.0 Å². The Morgan fingerprint density at radius 2 is 1.55 bits per heavy atom. The third-order valence-corrected chi connectivity index (χ3v) is 2.76. The van der Waals surface area contributed by atoms with E-state index in [9.17, 15) is 18.0 Å². The van der Waals surface area contributed by atoms with Gasteiger partial charge in [0.15, 0.2) is 0 Å². The summed E-state index contributed by atoms with van der Waals surface area (Å²) in [6.45, 7) is 0. The molecule has 0 saturated carbocycles. The van der Waals surface area contributed by atoms with Crippen molar-refractivity contribution in [3.8, 4) is 5.75 Å². The Morgan fingerprint density at radius 3 is 2.05 bits per heavy atom. The number of nitrogens with zero attached hydrogens (tertiary/aromatic N) is 1. The van der Waals surface area contributed by atoms with Gasteiger partial charge in [0.2, 0.25) is 0 Å². The zero-order valence-corrected chi connectivity index (χ0v) is 10.4. The van der Waals surface area contributed by atoms with Crippen LogP contribution < -0.4 is 4.90 Å². The van der Waals surface area contributed by atoms with Crippen LogP contribution in [0.3, 0.4) is 0 Å². The van der Waals surface area contributed by atoms with Crippen molar-refractivity contribution in [3.05, 3.63) is 59.4 Å². The quantitative estimate of drug-likeness (QED) is 0.919. The van der Waals surface area contributed by atoms with Crippen LogP contribution in [0.2, 0.25) is 0 Å². The van der Waals surface area contributed by atoms with Crippen molar-refractivity contribution < 1.29 is 23.1 Å². The molecule has 3 nitrogen and oxygen atoms in total. The SMILES string of the molecule is CN(C(=O)c1c(F)cc(F)cc1F)c1ccc(O)cc1. The summed E-state index contributed by atoms with van der Waals surface area (Å²) in [5.41, 5.74) is -0.502. The standard InChI is InChI=1S/C14H10F3NO2/c1-18(9-2-4-10(19)5-3-9)14(20)13-11(16)6-8(15)7-12(13)17/h2-7,19H,1H3. The topological polar surface area (TPSA) is 40.5 Å². The zero-order chi connectivity index (χ0) is 14.9. The molecule has 0 aromatic heterocycles. The fraction of sp³-hybridized carbons (Fsp3) is 0.0714. The average Bonchev–Trinajstić information content (AvgIpc) is 2.37. The molecule has 20 heavy (non-hydrogen) atoms. The van der Waals surface area contributed by atoms with E-state index in [0.29, 0.717) is 17.8 Å². The number of carbonyl (C=O) groups excluding carboxylic acids is 1. The van der Waals surface area contributed by atoms with Gasteiger partial charge in [-0.3, -0.25) is 4.79 Å². The number of amides is 1. The first kappa shape index (κ1) is 13.9. The van der Waals surface area contributed by atoms with Crippen LogP contribution in [0.15, 0.2) is 36.4 Å². The number of anilines is 1. The fourth-order valence-corrected chi connectivity index (χ4v) is 1.71. The van der Waals surface area contributed by atoms with E-state index in [1.165, 1.54) is 31.3 Å². The third kappa shape index (κ3) is 2.59. The monoisotopic (exact) mass is 281 g/mol. The summed E-state index contributed by atoms with van der Waals surface area (Å²) in [6.07, 6.45) is 0. The van der Waals surface area contributed by atoms with E-state index in [4.69, 9.17) is 5.11 Å². The molecule has 0 radical (unpaired) electrons. The maximum absolute atomic E-state index is 13.5. The molecule has 2 rings (SSSR count). The molecule has 6 heteroatoms. The Morgan fingerprint density at radius 1 is 1.05 bits per heavy atom. The third-order valence-electron chi connectivity index (χ3n) is 2.76. The molecule has 0 heterocycles. The van der Waals surface area contributed by atoms with E-state index in [1.807, 2.05) is 0 Å². The Labute approximate surface area is 112 Å². The molecule has 2 aromatic carbocycles. The van der Waals surface area contributed by atoms with Gasteiger partial charge in [-0.25, -0.2) is 13.2 Å². The molecule has 0 bridgehead atoms. The second-order valence-corrected chi connectivity index (χ2v) is 4.13. The minimum Gasteiger partial charge on any atom is -0.508 e. The lowest BCUT2D eigenvalue weighted by molar-refractivity contribution is 0.0984. The highest BCUT2D eigenvalue weighted by Crippen LogP contribution is 2.22. The van der Waals surface area contributed by atoms with E-state index in [0.717, 1.165) is 4.90 Å². The molecule has 0 aliphatic heterocycles. The number of hydrogen-bond donors (Lipinski definition) is 1. The van der Waals surface area contributed by atoms with Crippen molar-refractivity contribution in [1.29, 1.82) is 0 Å². The van der Waals surface area contributed by atoms with Crippen molar-refractivity contribution in [3.63, 3.8) is 0 Å². The normalized spacial score (nSPS) is 10.4. The van der Waals surface area contributed by atoms with Crippen molar-refractivity contribution in [2.75, 3.05) is 11.9 Å². The number of phenolic OH excluding ortho intramolecular Hbond substituents is 1. The molecule has 0 fully saturated rings. The minimum absolute atomic E-state index is 0.00579. The molecule has 1 amide bonds. The molecule has 0 saturated heterocycles. The Kier molecular flexibility index (Phi) is 3.65. The maximum Gasteiger partial charge on any atom is 0.263 e. The lowest BCUT2D eigenvalue weighted by Gasteiger charge is -2.18. The molecule has 0 atom stereocenters. The number of hydrogen-bond acceptors (Lipinski definition) is 2. The molecule has 1 N–H and O–H groups in total. The van der Waals surface area contributed by atoms with Crippen molar-refractivity contribution in [1.82, 2.24) is 0 Å². The summed E-state index contributed by atoms with van der Waals surface area (Å²) in [5, 5.41) is 9.15. The van der Waals surface area contributed by atoms with E-state index < -0.39 is 28.9 Å². The van der Waals surface area contributed by atoms with E-state index in [2.05, 4.69) is 0 Å². The van der Waals surface area contributed by atoms with Crippen LogP contribution in [0, 0.1) is 17.5 Å². The number of halogens is 3. The first-order valence-corrected chi connectivity index (χ1v) is 5.62. The van der Waals surface area contributed by atoms with Gasteiger partial charge in [0.1, 0.15) is 28.8 Å². The number of phenols is 1. The molecule has 104 valence electrons. The summed E-state index contributed by atoms with van der Waals surface area (Å²) in [6, 6.07) is 6.37. The van der Waals surface area contributed by atoms with Gasteiger partial charge in [-0.1, -0.05) is 0 Å². The molecule has 2 aromatic rings. The van der Waals surface area contributed by atoms with Gasteiger partial charge in [0, 0.05) is 24.9 Å². The van der Waals surface area contributed by atoms with Crippen LogP contribution in [-0.2, 0) is 0 Å². The van der Waals surface area contributed by atoms with E-state index >= 15 is 0 Å². The Bertz CT molecular complexity index is 633. The largest absolute Gasteiger partial charge is 0.508 e. The molecule has 0 aliphatic rings. The first-order chi connectivity index (χ1) is 9.40. The lowest BCUT2D eigenvalue weighted by Crippen LogP contribution is -2.28. The van der Waals surface area contributed by atoms with Gasteiger partial charge in [-0.15, -0.1) is 0 Å². The smallest absolute Gasteiger partial charge is 0.263 e. The maximum atomic E-state index is 13.5. The van der Waals surface area contributed by atoms with Gasteiger partial charge in [0.25, 0.3) is 5.91 Å². The van der Waals surface area contributed by atoms with E-state index in [-0.39, 0.29) is 5.75 Å². The summed E-state index contributed by atoms with van der Waals surface area (Å²) in [4.78, 5) is 13.0. The zero-order valence-electron chi connectivity index (χ0n) is 10.4. The summed E-state index contributed by atoms with van der Waals surface area (Å²) < 4.78 is 39.9. The van der Waals surface area contributed by atoms with Crippen LogP contribution in [0.25, 0.3) is 0 Å². The molecule has 0 spiro atoms. The number of benzene rings is 2. The van der Waals surface area contributed by atoms with Crippen molar-refractivity contribution in [2.24, 2.45) is 0 Å². The van der Waals surface area contributed by atoms with Crippen LogP contribution in [0.5, 0.6) is 5.75 Å². The first-order valence-electron chi connectivity index (χ1n) is 5.62. The van der Waals surface area contributed by atoms with Crippen LogP contribution in [-0.4, -0.2) is 18.1 Å². The lowest BCUT2D eigenvalue weighted by atomic mass is 10.1. The fourth-order valence-electron chi connectivity index (χ4n) is 1.71. The van der Waals surface area contributed by atoms with Crippen LogP contribution in [0.4, 0.5) is 18.9 Å². The summed E-state index contributed by atoms with van der Waals surface area (Å²) >= 11 is 0. The minimum atomic E-state index is -1.27. The van der Waals surface area contributed by atoms with Gasteiger partial charge in [-0.05, 0) is 24.3 Å². The molecule has 0 unspecified atom stereocenters. The average molecular weight is 281 g/mol. The highest BCUT2D eigenvalue weighted by Gasteiger charge is 2.23. The van der Waals surface area contributed by atoms with Gasteiger partial charge in [0.05, 0.1) is 0 Å². The summed E-state index contributed by atoms with van der Waals surface area (Å²) in [7, 11) is 1.32. The van der Waals surface area contributed by atoms with Crippen molar-refractivity contribution in [2.45, 2.75) is 0 Å². The number of carbonyl (C=O) groups is 1. The van der Waals surface area contributed by atoms with Gasteiger partial charge >= 0.3 is 0 Å². The van der Waals surface area contributed by atoms with E-state index in [1.54, 1.807) is 0 Å². The molecule has 0 aliphatic carbocycles. The van der Waals surface area contributed by atoms with Crippen molar-refractivity contribution >= 4 is 11.6 Å². The van der Waals surface area contributed by atoms with Crippen LogP contribution >= 0.6 is 0 Å². The second-order valence-electron chi connectivity index (χ2n) is 4.13. The summed E-state index contributed by atoms with van der Waals surface area (Å²) in [5.74, 6) is -4.58. The van der Waals surface area contributed by atoms with Gasteiger partial charge in [-0.2, -0.15) is 0 Å². The van der Waals surface area contributed by atoms with Crippen LogP contribution in [0.1, 0.15) is 10.4 Å². The molecular weight excluding hydrogens is 271 g/mol. The highest BCUT2D eigenvalue weighted by molar-refractivity contribution is 6.06. The highest BCUT2D eigenvalue weighted by atomic mass is 19.1.